The van der Waals surface area contributed by atoms with Crippen LogP contribution in [0.3, 0.4) is 0 Å². The average molecular weight is 381 g/mol. The number of anilines is 1. The lowest BCUT2D eigenvalue weighted by Gasteiger charge is -2.35. The van der Waals surface area contributed by atoms with E-state index in [2.05, 4.69) is 27.5 Å². The molecule has 1 aliphatic carbocycles. The second-order valence-corrected chi connectivity index (χ2v) is 7.79. The highest BCUT2D eigenvalue weighted by molar-refractivity contribution is 5.93. The molecule has 0 radical (unpaired) electrons. The van der Waals surface area contributed by atoms with Gasteiger partial charge in [-0.25, -0.2) is 4.52 Å². The standard InChI is InChI=1S/C20H23N5O3/c1-12-19(17(23-28-12)11-27-16-9-24(2)10-16)14-5-6-25-15(7-14)8-18(22-25)21-20(26)13-3-4-13/h5-8,13,16H,3-4,9-11H2,1-2H3,(H,21,22,26). The number of pyridine rings is 1. The number of hydrogen-bond donors (Lipinski definition) is 1. The summed E-state index contributed by atoms with van der Waals surface area (Å²) in [4.78, 5) is 14.2. The van der Waals surface area contributed by atoms with Crippen molar-refractivity contribution in [3.05, 3.63) is 35.9 Å². The van der Waals surface area contributed by atoms with Crippen molar-refractivity contribution in [2.75, 3.05) is 25.5 Å². The lowest BCUT2D eigenvalue weighted by atomic mass is 10.0. The highest BCUT2D eigenvalue weighted by Gasteiger charge is 2.30. The second kappa shape index (κ2) is 6.72. The number of carbonyl (C=O) groups excluding carboxylic acids is 1. The molecule has 1 saturated heterocycles. The number of rotatable bonds is 6. The molecule has 8 heteroatoms. The van der Waals surface area contributed by atoms with Crippen molar-refractivity contribution in [1.29, 1.82) is 0 Å². The smallest absolute Gasteiger partial charge is 0.228 e. The number of nitrogens with one attached hydrogen (secondary N) is 1. The van der Waals surface area contributed by atoms with Crippen molar-refractivity contribution in [3.8, 4) is 11.1 Å². The number of likely N-dealkylation sites (N-methyl/N-ethyl adjacent to an activating group) is 1. The van der Waals surface area contributed by atoms with Gasteiger partial charge in [-0.05, 0) is 44.5 Å². The van der Waals surface area contributed by atoms with Crippen LogP contribution in [0.25, 0.3) is 16.6 Å². The summed E-state index contributed by atoms with van der Waals surface area (Å²) < 4.78 is 13.1. The van der Waals surface area contributed by atoms with Crippen LogP contribution < -0.4 is 5.32 Å². The molecule has 146 valence electrons. The third-order valence-corrected chi connectivity index (χ3v) is 5.37. The number of likely N-dealkylation sites (tertiary alicyclic amines) is 1. The third-order valence-electron chi connectivity index (χ3n) is 5.37. The van der Waals surface area contributed by atoms with E-state index in [4.69, 9.17) is 9.26 Å². The van der Waals surface area contributed by atoms with Crippen LogP contribution in [0.2, 0.25) is 0 Å². The van der Waals surface area contributed by atoms with Crippen molar-refractivity contribution in [3.63, 3.8) is 0 Å². The molecule has 4 heterocycles. The van der Waals surface area contributed by atoms with Gasteiger partial charge in [0.2, 0.25) is 5.91 Å². The largest absolute Gasteiger partial charge is 0.369 e. The quantitative estimate of drug-likeness (QED) is 0.706. The van der Waals surface area contributed by atoms with E-state index >= 15 is 0 Å². The van der Waals surface area contributed by atoms with Gasteiger partial charge < -0.3 is 19.5 Å². The van der Waals surface area contributed by atoms with E-state index in [9.17, 15) is 4.79 Å². The van der Waals surface area contributed by atoms with Gasteiger partial charge in [-0.1, -0.05) is 5.16 Å². The van der Waals surface area contributed by atoms with Gasteiger partial charge in [0.25, 0.3) is 0 Å². The minimum atomic E-state index is 0.0552. The first kappa shape index (κ1) is 17.4. The Hall–Kier alpha value is -2.71. The molecule has 0 atom stereocenters. The van der Waals surface area contributed by atoms with Gasteiger partial charge in [-0.3, -0.25) is 4.79 Å². The van der Waals surface area contributed by atoms with Crippen LogP contribution in [0, 0.1) is 12.8 Å². The Morgan fingerprint density at radius 3 is 2.93 bits per heavy atom. The molecule has 8 nitrogen and oxygen atoms in total. The summed E-state index contributed by atoms with van der Waals surface area (Å²) in [7, 11) is 2.08. The van der Waals surface area contributed by atoms with Crippen LogP contribution >= 0.6 is 0 Å². The van der Waals surface area contributed by atoms with E-state index in [1.165, 1.54) is 0 Å². The van der Waals surface area contributed by atoms with Crippen molar-refractivity contribution in [2.24, 2.45) is 5.92 Å². The maximum absolute atomic E-state index is 12.0. The molecule has 0 spiro atoms. The van der Waals surface area contributed by atoms with Crippen LogP contribution in [-0.4, -0.2) is 51.8 Å². The number of hydrogen-bond acceptors (Lipinski definition) is 6. The summed E-state index contributed by atoms with van der Waals surface area (Å²) >= 11 is 0. The van der Waals surface area contributed by atoms with Crippen molar-refractivity contribution >= 4 is 17.2 Å². The van der Waals surface area contributed by atoms with Crippen LogP contribution in [0.15, 0.2) is 28.9 Å². The fourth-order valence-corrected chi connectivity index (χ4v) is 3.62. The zero-order chi connectivity index (χ0) is 19.3. The number of nitrogens with zero attached hydrogens (tertiary/aromatic N) is 4. The van der Waals surface area contributed by atoms with Gasteiger partial charge in [0.15, 0.2) is 5.82 Å². The summed E-state index contributed by atoms with van der Waals surface area (Å²) in [6.45, 7) is 4.23. The van der Waals surface area contributed by atoms with Gasteiger partial charge in [0, 0.05) is 31.3 Å². The normalized spacial score (nSPS) is 17.8. The number of amides is 1. The molecule has 0 bridgehead atoms. The maximum atomic E-state index is 12.0. The highest BCUT2D eigenvalue weighted by atomic mass is 16.5. The summed E-state index contributed by atoms with van der Waals surface area (Å²) in [6, 6.07) is 5.89. The first-order chi connectivity index (χ1) is 13.6. The molecule has 3 aromatic heterocycles. The minimum absolute atomic E-state index is 0.0552. The molecule has 1 N–H and O–H groups in total. The van der Waals surface area contributed by atoms with Gasteiger partial charge in [0.1, 0.15) is 11.5 Å². The topological polar surface area (TPSA) is 84.9 Å². The fourth-order valence-electron chi connectivity index (χ4n) is 3.62. The summed E-state index contributed by atoms with van der Waals surface area (Å²) in [6.07, 6.45) is 4.08. The molecular formula is C20H23N5O3. The van der Waals surface area contributed by atoms with Crippen LogP contribution in [0.1, 0.15) is 24.3 Å². The second-order valence-electron chi connectivity index (χ2n) is 7.79. The average Bonchev–Trinajstić information content (AvgIpc) is 3.33. The third kappa shape index (κ3) is 3.29. The molecule has 1 aliphatic heterocycles. The molecule has 0 aromatic carbocycles. The van der Waals surface area contributed by atoms with Crippen LogP contribution in [-0.2, 0) is 16.1 Å². The van der Waals surface area contributed by atoms with Crippen LogP contribution in [0.5, 0.6) is 0 Å². The highest BCUT2D eigenvalue weighted by Crippen LogP contribution is 2.31. The zero-order valence-corrected chi connectivity index (χ0v) is 16.0. The predicted molar refractivity (Wildman–Crippen MR) is 103 cm³/mol. The number of aromatic nitrogens is 3. The van der Waals surface area contributed by atoms with E-state index < -0.39 is 0 Å². The summed E-state index contributed by atoms with van der Waals surface area (Å²) in [5.74, 6) is 1.54. The van der Waals surface area contributed by atoms with Gasteiger partial charge in [-0.2, -0.15) is 5.10 Å². The number of carbonyl (C=O) groups is 1. The Bertz CT molecular complexity index is 1030. The molecule has 2 aliphatic rings. The monoisotopic (exact) mass is 381 g/mol. The van der Waals surface area contributed by atoms with Crippen molar-refractivity contribution < 1.29 is 14.1 Å². The molecule has 1 saturated carbocycles. The van der Waals surface area contributed by atoms with Gasteiger partial charge in [-0.15, -0.1) is 0 Å². The SMILES string of the molecule is Cc1onc(COC2CN(C)C2)c1-c1ccn2nc(NC(=O)C3CC3)cc2c1. The lowest BCUT2D eigenvalue weighted by molar-refractivity contribution is -0.117. The van der Waals surface area contributed by atoms with Gasteiger partial charge >= 0.3 is 0 Å². The first-order valence-corrected chi connectivity index (χ1v) is 9.63. The number of ether oxygens (including phenoxy) is 1. The fraction of sp³-hybridized carbons (Fsp3) is 0.450. The van der Waals surface area contributed by atoms with Crippen molar-refractivity contribution in [1.82, 2.24) is 19.7 Å². The zero-order valence-electron chi connectivity index (χ0n) is 16.0. The van der Waals surface area contributed by atoms with Crippen molar-refractivity contribution in [2.45, 2.75) is 32.5 Å². The molecule has 0 unspecified atom stereocenters. The Morgan fingerprint density at radius 2 is 2.18 bits per heavy atom. The summed E-state index contributed by atoms with van der Waals surface area (Å²) in [5, 5.41) is 11.5. The Morgan fingerprint density at radius 1 is 1.36 bits per heavy atom. The Labute approximate surface area is 162 Å². The number of aryl methyl sites for hydroxylation is 1. The Kier molecular flexibility index (Phi) is 4.17. The molecule has 5 rings (SSSR count). The van der Waals surface area contributed by atoms with E-state index in [1.807, 2.05) is 31.3 Å². The van der Waals surface area contributed by atoms with E-state index in [1.54, 1.807) is 4.52 Å². The molecule has 28 heavy (non-hydrogen) atoms. The van der Waals surface area contributed by atoms with Crippen LogP contribution in [0.4, 0.5) is 5.82 Å². The predicted octanol–water partition coefficient (Wildman–Crippen LogP) is 2.48. The van der Waals surface area contributed by atoms with E-state index in [-0.39, 0.29) is 17.9 Å². The molecular weight excluding hydrogens is 358 g/mol. The molecule has 2 fully saturated rings. The Balaban J connectivity index is 1.38. The minimum Gasteiger partial charge on any atom is -0.369 e. The molecule has 3 aromatic rings. The van der Waals surface area contributed by atoms with Gasteiger partial charge in [0.05, 0.1) is 23.8 Å². The lowest BCUT2D eigenvalue weighted by Crippen LogP contribution is -2.49. The summed E-state index contributed by atoms with van der Waals surface area (Å²) in [5.41, 5.74) is 3.66. The number of fused-ring (bicyclic) bond motifs is 1. The van der Waals surface area contributed by atoms with E-state index in [0.717, 1.165) is 54.0 Å². The molecule has 1 amide bonds. The van der Waals surface area contributed by atoms with E-state index in [0.29, 0.717) is 12.4 Å². The first-order valence-electron chi connectivity index (χ1n) is 9.63. The maximum Gasteiger partial charge on any atom is 0.228 e.